The predicted molar refractivity (Wildman–Crippen MR) is 71.8 cm³/mol. The van der Waals surface area contributed by atoms with Crippen LogP contribution in [0.5, 0.6) is 0 Å². The molecule has 0 aliphatic heterocycles. The Balaban J connectivity index is 2.93. The van der Waals surface area contributed by atoms with Crippen LogP contribution in [0.3, 0.4) is 0 Å². The minimum absolute atomic E-state index is 0.0308. The molecule has 0 aromatic carbocycles. The number of hydrogen-bond donors (Lipinski definition) is 3. The normalized spacial score (nSPS) is 13.2. The summed E-state index contributed by atoms with van der Waals surface area (Å²) in [5.41, 5.74) is 0.0949. The summed E-state index contributed by atoms with van der Waals surface area (Å²) in [5.74, 6) is -1.30. The smallest absolute Gasteiger partial charge is 0.322 e. The summed E-state index contributed by atoms with van der Waals surface area (Å²) >= 11 is 4.12. The van der Waals surface area contributed by atoms with Gasteiger partial charge in [0.05, 0.1) is 3.79 Å². The van der Waals surface area contributed by atoms with Crippen molar-refractivity contribution in [1.29, 1.82) is 5.41 Å². The highest BCUT2D eigenvalue weighted by Crippen LogP contribution is 2.26. The van der Waals surface area contributed by atoms with Crippen LogP contribution in [-0.2, 0) is 14.8 Å². The van der Waals surface area contributed by atoms with E-state index in [1.54, 1.807) is 6.07 Å². The molecule has 0 radical (unpaired) electrons. The van der Waals surface area contributed by atoms with E-state index in [1.165, 1.54) is 13.0 Å². The Morgan fingerprint density at radius 3 is 2.61 bits per heavy atom. The Hall–Kier alpha value is -0.770. The summed E-state index contributed by atoms with van der Waals surface area (Å²) in [6, 6.07) is 1.62. The van der Waals surface area contributed by atoms with E-state index in [1.807, 2.05) is 0 Å². The number of hydrogen-bond acceptors (Lipinski definition) is 5. The fourth-order valence-corrected chi connectivity index (χ4v) is 4.39. The third kappa shape index (κ3) is 4.16. The maximum Gasteiger partial charge on any atom is 0.322 e. The van der Waals surface area contributed by atoms with Crippen LogP contribution in [-0.4, -0.2) is 31.2 Å². The molecule has 1 heterocycles. The molecule has 1 unspecified atom stereocenters. The lowest BCUT2D eigenvalue weighted by molar-refractivity contribution is -0.138. The fraction of sp³-hybridized carbons (Fsp3) is 0.333. The number of rotatable bonds is 6. The number of carboxylic acid groups (broad SMARTS) is 1. The minimum Gasteiger partial charge on any atom is -0.480 e. The molecule has 0 aliphatic carbocycles. The SMILES string of the molecule is CC(=N)CC(NS(=O)(=O)c1ccc(Br)s1)C(=O)O. The largest absolute Gasteiger partial charge is 0.480 e. The van der Waals surface area contributed by atoms with Gasteiger partial charge in [0.25, 0.3) is 10.0 Å². The van der Waals surface area contributed by atoms with E-state index in [2.05, 4.69) is 20.7 Å². The van der Waals surface area contributed by atoms with Gasteiger partial charge in [-0.3, -0.25) is 4.79 Å². The van der Waals surface area contributed by atoms with Gasteiger partial charge in [0, 0.05) is 12.1 Å². The van der Waals surface area contributed by atoms with Gasteiger partial charge >= 0.3 is 5.97 Å². The van der Waals surface area contributed by atoms with Crippen LogP contribution in [0, 0.1) is 5.41 Å². The molecule has 0 amide bonds. The van der Waals surface area contributed by atoms with Gasteiger partial charge in [-0.1, -0.05) is 0 Å². The zero-order valence-corrected chi connectivity index (χ0v) is 12.5. The van der Waals surface area contributed by atoms with Gasteiger partial charge in [0.1, 0.15) is 10.3 Å². The fourth-order valence-electron chi connectivity index (χ4n) is 1.17. The summed E-state index contributed by atoms with van der Waals surface area (Å²) in [6.45, 7) is 1.42. The van der Waals surface area contributed by atoms with Gasteiger partial charge in [-0.15, -0.1) is 11.3 Å². The van der Waals surface area contributed by atoms with Gasteiger partial charge < -0.3 is 10.5 Å². The molecular weight excluding hydrogens is 344 g/mol. The minimum atomic E-state index is -3.87. The van der Waals surface area contributed by atoms with Gasteiger partial charge in [0.15, 0.2) is 0 Å². The molecule has 6 nitrogen and oxygen atoms in total. The molecule has 0 aliphatic rings. The van der Waals surface area contributed by atoms with Crippen LogP contribution >= 0.6 is 27.3 Å². The molecule has 1 atom stereocenters. The standard InChI is InChI=1S/C9H11BrN2O4S2/c1-5(11)4-6(9(13)14)12-18(15,16)8-3-2-7(10)17-8/h2-3,6,11-12H,4H2,1H3,(H,13,14). The van der Waals surface area contributed by atoms with Crippen molar-refractivity contribution >= 4 is 49.0 Å². The van der Waals surface area contributed by atoms with E-state index < -0.39 is 22.0 Å². The lowest BCUT2D eigenvalue weighted by atomic mass is 10.2. The number of carbonyl (C=O) groups is 1. The van der Waals surface area contributed by atoms with Crippen molar-refractivity contribution in [2.75, 3.05) is 0 Å². The Bertz CT molecular complexity index is 567. The predicted octanol–water partition coefficient (Wildman–Crippen LogP) is 1.67. The second-order valence-electron chi connectivity index (χ2n) is 3.56. The first-order valence-corrected chi connectivity index (χ1v) is 7.86. The summed E-state index contributed by atoms with van der Waals surface area (Å²) in [6.07, 6.45) is -0.166. The summed E-state index contributed by atoms with van der Waals surface area (Å²) < 4.78 is 26.5. The first-order chi connectivity index (χ1) is 8.22. The average molecular weight is 355 g/mol. The zero-order chi connectivity index (χ0) is 13.9. The van der Waals surface area contributed by atoms with Gasteiger partial charge in [0.2, 0.25) is 0 Å². The van der Waals surface area contributed by atoms with Crippen molar-refractivity contribution in [2.45, 2.75) is 23.6 Å². The van der Waals surface area contributed by atoms with Crippen molar-refractivity contribution in [1.82, 2.24) is 4.72 Å². The summed E-state index contributed by atoms with van der Waals surface area (Å²) in [5, 5.41) is 16.1. The van der Waals surface area contributed by atoms with Crippen molar-refractivity contribution in [2.24, 2.45) is 0 Å². The van der Waals surface area contributed by atoms with Gasteiger partial charge in [-0.05, 0) is 35.0 Å². The quantitative estimate of drug-likeness (QED) is 0.675. The van der Waals surface area contributed by atoms with Crippen molar-refractivity contribution in [3.63, 3.8) is 0 Å². The van der Waals surface area contributed by atoms with Crippen LogP contribution in [0.4, 0.5) is 0 Å². The van der Waals surface area contributed by atoms with E-state index in [9.17, 15) is 13.2 Å². The van der Waals surface area contributed by atoms with E-state index in [0.29, 0.717) is 3.79 Å². The Kier molecular flexibility index (Phi) is 5.02. The number of aliphatic carboxylic acids is 1. The molecule has 0 spiro atoms. The molecular formula is C9H11BrN2O4S2. The summed E-state index contributed by atoms with van der Waals surface area (Å²) in [4.78, 5) is 10.9. The maximum absolute atomic E-state index is 11.9. The first-order valence-electron chi connectivity index (χ1n) is 4.77. The monoisotopic (exact) mass is 354 g/mol. The third-order valence-electron chi connectivity index (χ3n) is 1.92. The Labute approximate surface area is 117 Å². The van der Waals surface area contributed by atoms with Crippen LogP contribution < -0.4 is 4.72 Å². The van der Waals surface area contributed by atoms with Gasteiger partial charge in [-0.25, -0.2) is 8.42 Å². The number of nitrogens with one attached hydrogen (secondary N) is 2. The van der Waals surface area contributed by atoms with Crippen LogP contribution in [0.15, 0.2) is 20.1 Å². The molecule has 18 heavy (non-hydrogen) atoms. The molecule has 9 heteroatoms. The number of sulfonamides is 1. The second-order valence-corrected chi connectivity index (χ2v) is 7.96. The molecule has 0 fully saturated rings. The second kappa shape index (κ2) is 5.91. The van der Waals surface area contributed by atoms with Crippen LogP contribution in [0.25, 0.3) is 0 Å². The van der Waals surface area contributed by atoms with Crippen molar-refractivity contribution in [3.8, 4) is 0 Å². The van der Waals surface area contributed by atoms with Crippen molar-refractivity contribution in [3.05, 3.63) is 15.9 Å². The number of halogens is 1. The Morgan fingerprint density at radius 2 is 2.22 bits per heavy atom. The van der Waals surface area contributed by atoms with Crippen LogP contribution in [0.1, 0.15) is 13.3 Å². The lowest BCUT2D eigenvalue weighted by Gasteiger charge is -2.13. The molecule has 0 bridgehead atoms. The molecule has 100 valence electrons. The van der Waals surface area contributed by atoms with Crippen molar-refractivity contribution < 1.29 is 18.3 Å². The Morgan fingerprint density at radius 1 is 1.61 bits per heavy atom. The zero-order valence-electron chi connectivity index (χ0n) is 9.31. The molecule has 0 saturated heterocycles. The van der Waals surface area contributed by atoms with E-state index in [4.69, 9.17) is 10.5 Å². The number of carboxylic acids is 1. The average Bonchev–Trinajstić information content (AvgIpc) is 2.63. The molecule has 0 saturated carbocycles. The van der Waals surface area contributed by atoms with E-state index >= 15 is 0 Å². The van der Waals surface area contributed by atoms with Gasteiger partial charge in [-0.2, -0.15) is 4.72 Å². The molecule has 3 N–H and O–H groups in total. The highest BCUT2D eigenvalue weighted by molar-refractivity contribution is 9.11. The maximum atomic E-state index is 11.9. The summed E-state index contributed by atoms with van der Waals surface area (Å²) in [7, 11) is -3.87. The highest BCUT2D eigenvalue weighted by atomic mass is 79.9. The number of thiophene rings is 1. The third-order valence-corrected chi connectivity index (χ3v) is 5.51. The van der Waals surface area contributed by atoms with E-state index in [-0.39, 0.29) is 16.3 Å². The van der Waals surface area contributed by atoms with E-state index in [0.717, 1.165) is 11.3 Å². The highest BCUT2D eigenvalue weighted by Gasteiger charge is 2.26. The molecule has 1 aromatic rings. The molecule has 1 aromatic heterocycles. The lowest BCUT2D eigenvalue weighted by Crippen LogP contribution is -2.41. The topological polar surface area (TPSA) is 107 Å². The first kappa shape index (κ1) is 15.3. The molecule has 1 rings (SSSR count). The van der Waals surface area contributed by atoms with Crippen LogP contribution in [0.2, 0.25) is 0 Å².